The summed E-state index contributed by atoms with van der Waals surface area (Å²) < 4.78 is 0.846. The molecule has 148 valence electrons. The third-order valence-corrected chi connectivity index (χ3v) is 5.32. The van der Waals surface area contributed by atoms with Crippen LogP contribution < -0.4 is 15.5 Å². The van der Waals surface area contributed by atoms with E-state index in [0.717, 1.165) is 15.8 Å². The molecule has 2 amide bonds. The predicted octanol–water partition coefficient (Wildman–Crippen LogP) is 4.30. The van der Waals surface area contributed by atoms with Gasteiger partial charge in [-0.05, 0) is 64.6 Å². The minimum absolute atomic E-state index is 0.0839. The summed E-state index contributed by atoms with van der Waals surface area (Å²) >= 11 is 2.10. The van der Waals surface area contributed by atoms with Crippen LogP contribution in [0.4, 0.5) is 11.4 Å². The molecule has 0 aliphatic heterocycles. The molecule has 6 heteroatoms. The molecule has 0 saturated carbocycles. The molecule has 3 rings (SSSR count). The number of amides is 2. The number of nitrogens with one attached hydrogen (secondary N) is 2. The van der Waals surface area contributed by atoms with E-state index in [1.54, 1.807) is 12.1 Å². The van der Waals surface area contributed by atoms with Crippen molar-refractivity contribution in [3.63, 3.8) is 0 Å². The second kappa shape index (κ2) is 10.1. The first-order valence-corrected chi connectivity index (χ1v) is 10.3. The average Bonchev–Trinajstić information content (AvgIpc) is 2.73. The molecular weight excluding hydrogens is 477 g/mol. The highest BCUT2D eigenvalue weighted by molar-refractivity contribution is 14.1. The predicted molar refractivity (Wildman–Crippen MR) is 125 cm³/mol. The SMILES string of the molecule is CN(Cc1ccccc1)c1ccc(NC(=O)CNC(=O)c2ccccc2I)cc1. The largest absolute Gasteiger partial charge is 0.370 e. The Kier molecular flexibility index (Phi) is 7.24. The second-order valence-corrected chi connectivity index (χ2v) is 7.76. The van der Waals surface area contributed by atoms with Gasteiger partial charge in [0.05, 0.1) is 12.1 Å². The topological polar surface area (TPSA) is 61.4 Å². The Morgan fingerprint density at radius 2 is 1.55 bits per heavy atom. The van der Waals surface area contributed by atoms with Crippen LogP contribution in [0.5, 0.6) is 0 Å². The standard InChI is InChI=1S/C23H22IN3O2/c1-27(16-17-7-3-2-4-8-17)19-13-11-18(12-14-19)26-22(28)15-25-23(29)20-9-5-6-10-21(20)24/h2-14H,15-16H2,1H3,(H,25,29)(H,26,28). The number of hydrogen-bond acceptors (Lipinski definition) is 3. The number of carbonyl (C=O) groups is 2. The molecule has 3 aromatic carbocycles. The first-order valence-electron chi connectivity index (χ1n) is 9.20. The molecule has 0 spiro atoms. The van der Waals surface area contributed by atoms with Gasteiger partial charge >= 0.3 is 0 Å². The van der Waals surface area contributed by atoms with Crippen molar-refractivity contribution >= 4 is 45.8 Å². The Hall–Kier alpha value is -2.87. The molecule has 2 N–H and O–H groups in total. The minimum atomic E-state index is -0.269. The van der Waals surface area contributed by atoms with E-state index in [-0.39, 0.29) is 18.4 Å². The lowest BCUT2D eigenvalue weighted by Gasteiger charge is -2.20. The number of carbonyl (C=O) groups excluding carboxylic acids is 2. The molecule has 0 aliphatic rings. The van der Waals surface area contributed by atoms with Crippen LogP contribution in [0, 0.1) is 3.57 Å². The maximum Gasteiger partial charge on any atom is 0.252 e. The first kappa shape index (κ1) is 20.9. The normalized spacial score (nSPS) is 10.3. The summed E-state index contributed by atoms with van der Waals surface area (Å²) in [4.78, 5) is 26.5. The van der Waals surface area contributed by atoms with E-state index < -0.39 is 0 Å². The highest BCUT2D eigenvalue weighted by Crippen LogP contribution is 2.19. The molecule has 5 nitrogen and oxygen atoms in total. The van der Waals surface area contributed by atoms with Gasteiger partial charge in [0.15, 0.2) is 0 Å². The third-order valence-electron chi connectivity index (χ3n) is 4.38. The third kappa shape index (κ3) is 6.05. The van der Waals surface area contributed by atoms with Crippen molar-refractivity contribution in [1.82, 2.24) is 5.32 Å². The quantitative estimate of drug-likeness (QED) is 0.477. The summed E-state index contributed by atoms with van der Waals surface area (Å²) in [5, 5.41) is 5.46. The van der Waals surface area contributed by atoms with E-state index in [4.69, 9.17) is 0 Å². The van der Waals surface area contributed by atoms with Gasteiger partial charge in [-0.25, -0.2) is 0 Å². The summed E-state index contributed by atoms with van der Waals surface area (Å²) in [5.74, 6) is -0.530. The van der Waals surface area contributed by atoms with Crippen molar-refractivity contribution in [3.8, 4) is 0 Å². The number of rotatable bonds is 7. The molecule has 0 saturated heterocycles. The van der Waals surface area contributed by atoms with Gasteiger partial charge < -0.3 is 15.5 Å². The van der Waals surface area contributed by atoms with Gasteiger partial charge in [-0.1, -0.05) is 42.5 Å². The number of hydrogen-bond donors (Lipinski definition) is 2. The van der Waals surface area contributed by atoms with Gasteiger partial charge in [0.1, 0.15) is 0 Å². The zero-order valence-electron chi connectivity index (χ0n) is 16.1. The van der Waals surface area contributed by atoms with Crippen LogP contribution in [-0.4, -0.2) is 25.4 Å². The molecule has 0 atom stereocenters. The van der Waals surface area contributed by atoms with Crippen LogP contribution >= 0.6 is 22.6 Å². The number of anilines is 2. The number of benzene rings is 3. The Morgan fingerprint density at radius 3 is 2.24 bits per heavy atom. The maximum atomic E-state index is 12.2. The summed E-state index contributed by atoms with van der Waals surface area (Å²) in [5.41, 5.74) is 3.54. The molecule has 0 bridgehead atoms. The van der Waals surface area contributed by atoms with Crippen molar-refractivity contribution in [2.75, 3.05) is 23.8 Å². The Bertz CT molecular complexity index is 975. The van der Waals surface area contributed by atoms with Crippen LogP contribution in [-0.2, 0) is 11.3 Å². The Morgan fingerprint density at radius 1 is 0.897 bits per heavy atom. The van der Waals surface area contributed by atoms with Crippen molar-refractivity contribution in [2.45, 2.75) is 6.54 Å². The lowest BCUT2D eigenvalue weighted by molar-refractivity contribution is -0.115. The van der Waals surface area contributed by atoms with Crippen LogP contribution in [0.3, 0.4) is 0 Å². The van der Waals surface area contributed by atoms with E-state index >= 15 is 0 Å². The van der Waals surface area contributed by atoms with E-state index in [0.29, 0.717) is 11.3 Å². The van der Waals surface area contributed by atoms with Crippen LogP contribution in [0.2, 0.25) is 0 Å². The van der Waals surface area contributed by atoms with E-state index in [1.807, 2.05) is 61.6 Å². The zero-order chi connectivity index (χ0) is 20.6. The zero-order valence-corrected chi connectivity index (χ0v) is 18.2. The van der Waals surface area contributed by atoms with Gasteiger partial charge in [0, 0.05) is 28.5 Å². The van der Waals surface area contributed by atoms with E-state index in [1.165, 1.54) is 5.56 Å². The van der Waals surface area contributed by atoms with Crippen molar-refractivity contribution in [2.24, 2.45) is 0 Å². The molecule has 0 aromatic heterocycles. The van der Waals surface area contributed by atoms with Crippen molar-refractivity contribution < 1.29 is 9.59 Å². The summed E-state index contributed by atoms with van der Waals surface area (Å²) in [7, 11) is 2.03. The van der Waals surface area contributed by atoms with Crippen molar-refractivity contribution in [3.05, 3.63) is 93.6 Å². The monoisotopic (exact) mass is 499 g/mol. The number of nitrogens with zero attached hydrogens (tertiary/aromatic N) is 1. The highest BCUT2D eigenvalue weighted by Gasteiger charge is 2.11. The fourth-order valence-corrected chi connectivity index (χ4v) is 3.49. The molecular formula is C23H22IN3O2. The molecule has 0 unspecified atom stereocenters. The maximum absolute atomic E-state index is 12.2. The number of halogens is 1. The molecule has 29 heavy (non-hydrogen) atoms. The minimum Gasteiger partial charge on any atom is -0.370 e. The van der Waals surface area contributed by atoms with Crippen molar-refractivity contribution in [1.29, 1.82) is 0 Å². The first-order chi connectivity index (χ1) is 14.0. The fraction of sp³-hybridized carbons (Fsp3) is 0.130. The van der Waals surface area contributed by atoms with Gasteiger partial charge in [-0.3, -0.25) is 9.59 Å². The van der Waals surface area contributed by atoms with Crippen LogP contribution in [0.25, 0.3) is 0 Å². The molecule has 0 heterocycles. The van der Waals surface area contributed by atoms with E-state index in [2.05, 4.69) is 50.3 Å². The lowest BCUT2D eigenvalue weighted by Crippen LogP contribution is -2.33. The Labute approximate surface area is 184 Å². The molecule has 0 radical (unpaired) electrons. The van der Waals surface area contributed by atoms with Gasteiger partial charge in [-0.2, -0.15) is 0 Å². The second-order valence-electron chi connectivity index (χ2n) is 6.60. The summed E-state index contributed by atoms with van der Waals surface area (Å²) in [6.07, 6.45) is 0. The highest BCUT2D eigenvalue weighted by atomic mass is 127. The molecule has 3 aromatic rings. The fourth-order valence-electron chi connectivity index (χ4n) is 2.85. The average molecular weight is 499 g/mol. The van der Waals surface area contributed by atoms with Crippen LogP contribution in [0.15, 0.2) is 78.9 Å². The van der Waals surface area contributed by atoms with E-state index in [9.17, 15) is 9.59 Å². The Balaban J connectivity index is 1.50. The lowest BCUT2D eigenvalue weighted by atomic mass is 10.2. The molecule has 0 aliphatic carbocycles. The van der Waals surface area contributed by atoms with Gasteiger partial charge in [0.2, 0.25) is 5.91 Å². The van der Waals surface area contributed by atoms with Gasteiger partial charge in [-0.15, -0.1) is 0 Å². The van der Waals surface area contributed by atoms with Crippen LogP contribution in [0.1, 0.15) is 15.9 Å². The smallest absolute Gasteiger partial charge is 0.252 e. The summed E-state index contributed by atoms with van der Waals surface area (Å²) in [6.45, 7) is 0.719. The van der Waals surface area contributed by atoms with Gasteiger partial charge in [0.25, 0.3) is 5.91 Å². The molecule has 0 fully saturated rings. The summed E-state index contributed by atoms with van der Waals surface area (Å²) in [6, 6.07) is 25.1.